The van der Waals surface area contributed by atoms with Crippen LogP contribution in [0.15, 0.2) is 28.8 Å². The maximum Gasteiger partial charge on any atom is 0.177 e. The van der Waals surface area contributed by atoms with E-state index in [0.717, 1.165) is 23.2 Å². The van der Waals surface area contributed by atoms with E-state index in [1.54, 1.807) is 0 Å². The van der Waals surface area contributed by atoms with Gasteiger partial charge in [-0.1, -0.05) is 31.1 Å². The maximum atomic E-state index is 6.01. The Balaban J connectivity index is 1.99. The lowest BCUT2D eigenvalue weighted by Gasteiger charge is -2.14. The number of para-hydroxylation sites is 1. The topological polar surface area (TPSA) is 64.1 Å². The van der Waals surface area contributed by atoms with Gasteiger partial charge in [0.2, 0.25) is 0 Å². The van der Waals surface area contributed by atoms with Gasteiger partial charge in [-0.05, 0) is 24.5 Å². The molecule has 0 radical (unpaired) electrons. The van der Waals surface area contributed by atoms with Crippen LogP contribution >= 0.6 is 0 Å². The number of hydrogen-bond acceptors (Lipinski definition) is 4. The lowest BCUT2D eigenvalue weighted by Crippen LogP contribution is -2.30. The van der Waals surface area contributed by atoms with Crippen LogP contribution in [-0.4, -0.2) is 17.7 Å². The minimum Gasteiger partial charge on any atom is -0.365 e. The van der Waals surface area contributed by atoms with Gasteiger partial charge in [0.05, 0.1) is 5.39 Å². The summed E-state index contributed by atoms with van der Waals surface area (Å²) >= 11 is 0. The monoisotopic (exact) mass is 233 g/mol. The first-order valence-corrected chi connectivity index (χ1v) is 6.00. The lowest BCUT2D eigenvalue weighted by molar-refractivity contribution is 0.457. The second-order valence-corrected chi connectivity index (χ2v) is 4.80. The molecule has 0 saturated heterocycles. The predicted molar refractivity (Wildman–Crippen MR) is 69.9 cm³/mol. The Kier molecular flexibility index (Phi) is 3.64. The molecule has 4 nitrogen and oxygen atoms in total. The molecule has 0 aliphatic carbocycles. The van der Waals surface area contributed by atoms with E-state index in [1.807, 2.05) is 24.3 Å². The highest BCUT2D eigenvalue weighted by molar-refractivity contribution is 5.87. The summed E-state index contributed by atoms with van der Waals surface area (Å²) in [7, 11) is 0. The molecule has 0 spiro atoms. The second-order valence-electron chi connectivity index (χ2n) is 4.80. The van der Waals surface area contributed by atoms with E-state index in [1.165, 1.54) is 0 Å². The summed E-state index contributed by atoms with van der Waals surface area (Å²) < 4.78 is 5.21. The van der Waals surface area contributed by atoms with Crippen molar-refractivity contribution in [2.24, 2.45) is 11.7 Å². The first kappa shape index (κ1) is 11.9. The number of hydrogen-bond donors (Lipinski definition) is 2. The van der Waals surface area contributed by atoms with Crippen molar-refractivity contribution in [2.75, 3.05) is 11.9 Å². The fourth-order valence-corrected chi connectivity index (χ4v) is 1.93. The summed E-state index contributed by atoms with van der Waals surface area (Å²) in [6.45, 7) is 5.06. The lowest BCUT2D eigenvalue weighted by atomic mass is 10.0. The molecule has 1 atom stereocenters. The summed E-state index contributed by atoms with van der Waals surface area (Å²) in [5.41, 5.74) is 6.81. The summed E-state index contributed by atoms with van der Waals surface area (Å²) in [4.78, 5) is 0. The fraction of sp³-hybridized carbons (Fsp3) is 0.462. The minimum absolute atomic E-state index is 0.144. The molecular weight excluding hydrogens is 214 g/mol. The van der Waals surface area contributed by atoms with E-state index in [9.17, 15) is 0 Å². The third-order valence-electron chi connectivity index (χ3n) is 2.68. The summed E-state index contributed by atoms with van der Waals surface area (Å²) in [5.74, 6) is 1.39. The van der Waals surface area contributed by atoms with Crippen molar-refractivity contribution in [3.8, 4) is 0 Å². The van der Waals surface area contributed by atoms with Crippen LogP contribution in [0.2, 0.25) is 0 Å². The number of nitrogens with two attached hydrogens (primary N) is 1. The van der Waals surface area contributed by atoms with Crippen LogP contribution in [0.25, 0.3) is 11.0 Å². The highest BCUT2D eigenvalue weighted by Crippen LogP contribution is 2.21. The third-order valence-corrected chi connectivity index (χ3v) is 2.68. The Bertz CT molecular complexity index is 478. The summed E-state index contributed by atoms with van der Waals surface area (Å²) in [6, 6.07) is 7.94. The third kappa shape index (κ3) is 2.97. The van der Waals surface area contributed by atoms with Crippen LogP contribution in [0.5, 0.6) is 0 Å². The van der Waals surface area contributed by atoms with Crippen LogP contribution in [0.4, 0.5) is 5.82 Å². The van der Waals surface area contributed by atoms with E-state index in [0.29, 0.717) is 12.5 Å². The van der Waals surface area contributed by atoms with Crippen LogP contribution in [0.3, 0.4) is 0 Å². The molecule has 1 aromatic heterocycles. The number of nitrogens with zero attached hydrogens (tertiary/aromatic N) is 1. The van der Waals surface area contributed by atoms with Gasteiger partial charge < -0.3 is 15.6 Å². The molecule has 0 aliphatic rings. The van der Waals surface area contributed by atoms with Gasteiger partial charge in [-0.2, -0.15) is 0 Å². The summed E-state index contributed by atoms with van der Waals surface area (Å²) in [6.07, 6.45) is 1.00. The van der Waals surface area contributed by atoms with Crippen molar-refractivity contribution in [1.29, 1.82) is 0 Å². The van der Waals surface area contributed by atoms with Crippen molar-refractivity contribution in [2.45, 2.75) is 26.3 Å². The maximum absolute atomic E-state index is 6.01. The van der Waals surface area contributed by atoms with E-state index in [4.69, 9.17) is 10.3 Å². The van der Waals surface area contributed by atoms with Crippen LogP contribution in [0, 0.1) is 5.92 Å². The number of fused-ring (bicyclic) bond motifs is 1. The van der Waals surface area contributed by atoms with Crippen molar-refractivity contribution in [3.63, 3.8) is 0 Å². The molecule has 1 aromatic carbocycles. The molecule has 0 amide bonds. The van der Waals surface area contributed by atoms with Gasteiger partial charge in [0.1, 0.15) is 0 Å². The SMILES string of the molecule is CC(C)CC(N)CNc1noc2ccccc12. The summed E-state index contributed by atoms with van der Waals surface area (Å²) in [5, 5.41) is 8.25. The van der Waals surface area contributed by atoms with Gasteiger partial charge >= 0.3 is 0 Å². The van der Waals surface area contributed by atoms with Crippen LogP contribution in [-0.2, 0) is 0 Å². The van der Waals surface area contributed by atoms with Gasteiger partial charge in [-0.25, -0.2) is 0 Å². The number of aromatic nitrogens is 1. The van der Waals surface area contributed by atoms with Crippen LogP contribution < -0.4 is 11.1 Å². The molecule has 0 fully saturated rings. The van der Waals surface area contributed by atoms with Crippen LogP contribution in [0.1, 0.15) is 20.3 Å². The van der Waals surface area contributed by atoms with E-state index >= 15 is 0 Å². The average molecular weight is 233 g/mol. The van der Waals surface area contributed by atoms with E-state index in [-0.39, 0.29) is 6.04 Å². The van der Waals surface area contributed by atoms with E-state index < -0.39 is 0 Å². The largest absolute Gasteiger partial charge is 0.365 e. The highest BCUT2D eigenvalue weighted by Gasteiger charge is 2.09. The van der Waals surface area contributed by atoms with Crippen molar-refractivity contribution < 1.29 is 4.52 Å². The Morgan fingerprint density at radius 3 is 2.88 bits per heavy atom. The van der Waals surface area contributed by atoms with Crippen molar-refractivity contribution >= 4 is 16.8 Å². The molecule has 0 bridgehead atoms. The molecule has 0 saturated carbocycles. The zero-order chi connectivity index (χ0) is 12.3. The van der Waals surface area contributed by atoms with Crippen molar-refractivity contribution in [1.82, 2.24) is 5.16 Å². The molecule has 3 N–H and O–H groups in total. The van der Waals surface area contributed by atoms with E-state index in [2.05, 4.69) is 24.3 Å². The molecule has 2 aromatic rings. The Morgan fingerprint density at radius 2 is 2.12 bits per heavy atom. The average Bonchev–Trinajstić information content (AvgIpc) is 2.69. The second kappa shape index (κ2) is 5.19. The zero-order valence-electron chi connectivity index (χ0n) is 10.3. The zero-order valence-corrected chi connectivity index (χ0v) is 10.3. The smallest absolute Gasteiger partial charge is 0.177 e. The first-order chi connectivity index (χ1) is 8.16. The molecule has 1 heterocycles. The molecule has 1 unspecified atom stereocenters. The Morgan fingerprint density at radius 1 is 1.35 bits per heavy atom. The van der Waals surface area contributed by atoms with Crippen molar-refractivity contribution in [3.05, 3.63) is 24.3 Å². The van der Waals surface area contributed by atoms with Gasteiger partial charge in [-0.3, -0.25) is 0 Å². The molecule has 2 rings (SSSR count). The molecule has 92 valence electrons. The molecule has 4 heteroatoms. The number of anilines is 1. The normalized spacial score (nSPS) is 13.2. The quantitative estimate of drug-likeness (QED) is 0.833. The standard InChI is InChI=1S/C13H19N3O/c1-9(2)7-10(14)8-15-13-11-5-3-4-6-12(11)17-16-13/h3-6,9-10H,7-8,14H2,1-2H3,(H,15,16). The van der Waals surface area contributed by atoms with Gasteiger partial charge in [0, 0.05) is 12.6 Å². The number of rotatable bonds is 5. The highest BCUT2D eigenvalue weighted by atomic mass is 16.5. The molecule has 0 aliphatic heterocycles. The molecular formula is C13H19N3O. The van der Waals surface area contributed by atoms with Gasteiger partial charge in [0.25, 0.3) is 0 Å². The minimum atomic E-state index is 0.144. The fourth-order valence-electron chi connectivity index (χ4n) is 1.93. The molecule has 17 heavy (non-hydrogen) atoms. The Labute approximate surface area is 101 Å². The first-order valence-electron chi connectivity index (χ1n) is 6.00. The Hall–Kier alpha value is -1.55. The number of nitrogens with one attached hydrogen (secondary N) is 1. The predicted octanol–water partition coefficient (Wildman–Crippen LogP) is 2.61. The van der Waals surface area contributed by atoms with Gasteiger partial charge in [-0.15, -0.1) is 0 Å². The van der Waals surface area contributed by atoms with Gasteiger partial charge in [0.15, 0.2) is 11.4 Å². The number of benzene rings is 1.